The van der Waals surface area contributed by atoms with Gasteiger partial charge in [-0.1, -0.05) is 0 Å². The van der Waals surface area contributed by atoms with Gasteiger partial charge in [-0.05, 0) is 12.8 Å². The zero-order valence-corrected chi connectivity index (χ0v) is 10.5. The van der Waals surface area contributed by atoms with Crippen LogP contribution in [0.4, 0.5) is 18.9 Å². The van der Waals surface area contributed by atoms with Crippen molar-refractivity contribution >= 4 is 11.6 Å². The first-order valence-corrected chi connectivity index (χ1v) is 6.14. The predicted octanol–water partition coefficient (Wildman–Crippen LogP) is 2.53. The Morgan fingerprint density at radius 2 is 1.74 bits per heavy atom. The van der Waals surface area contributed by atoms with Gasteiger partial charge in [0.25, 0.3) is 0 Å². The molecular formula is C13H15F3N2O. The fourth-order valence-corrected chi connectivity index (χ4v) is 2.19. The average molecular weight is 272 g/mol. The third-order valence-electron chi connectivity index (χ3n) is 3.31. The van der Waals surface area contributed by atoms with Crippen LogP contribution < -0.4 is 5.32 Å². The molecule has 0 saturated carbocycles. The Bertz CT molecular complexity index is 485. The van der Waals surface area contributed by atoms with Crippen molar-refractivity contribution in [3.63, 3.8) is 0 Å². The second-order valence-electron chi connectivity index (χ2n) is 4.67. The summed E-state index contributed by atoms with van der Waals surface area (Å²) in [6.07, 6.45) is 1.30. The van der Waals surface area contributed by atoms with Crippen molar-refractivity contribution in [2.45, 2.75) is 25.8 Å². The molecule has 1 heterocycles. The van der Waals surface area contributed by atoms with Crippen LogP contribution in [0.1, 0.15) is 19.8 Å². The van der Waals surface area contributed by atoms with Gasteiger partial charge >= 0.3 is 0 Å². The van der Waals surface area contributed by atoms with Crippen LogP contribution in [-0.2, 0) is 4.79 Å². The summed E-state index contributed by atoms with van der Waals surface area (Å²) >= 11 is 0. The Labute approximate surface area is 109 Å². The SMILES string of the molecule is CC(=O)N1CCC(Nc2cc(F)c(F)cc2F)CC1. The molecule has 1 amide bonds. The molecule has 104 valence electrons. The molecule has 1 aliphatic rings. The molecule has 0 aromatic heterocycles. The van der Waals surface area contributed by atoms with Crippen LogP contribution in [0.15, 0.2) is 12.1 Å². The summed E-state index contributed by atoms with van der Waals surface area (Å²) in [4.78, 5) is 12.9. The van der Waals surface area contributed by atoms with Gasteiger partial charge in [0.05, 0.1) is 5.69 Å². The minimum atomic E-state index is -1.20. The van der Waals surface area contributed by atoms with Gasteiger partial charge in [-0.2, -0.15) is 0 Å². The summed E-state index contributed by atoms with van der Waals surface area (Å²) in [5, 5.41) is 2.86. The number of carbonyl (C=O) groups is 1. The number of hydrogen-bond donors (Lipinski definition) is 1. The number of carbonyl (C=O) groups excluding carboxylic acids is 1. The van der Waals surface area contributed by atoms with Crippen molar-refractivity contribution in [2.75, 3.05) is 18.4 Å². The number of nitrogens with zero attached hydrogens (tertiary/aromatic N) is 1. The largest absolute Gasteiger partial charge is 0.380 e. The maximum absolute atomic E-state index is 13.5. The molecule has 1 fully saturated rings. The molecule has 1 aromatic carbocycles. The van der Waals surface area contributed by atoms with E-state index in [1.165, 1.54) is 6.92 Å². The van der Waals surface area contributed by atoms with Crippen LogP contribution in [0.2, 0.25) is 0 Å². The summed E-state index contributed by atoms with van der Waals surface area (Å²) < 4.78 is 39.3. The highest BCUT2D eigenvalue weighted by Crippen LogP contribution is 2.22. The van der Waals surface area contributed by atoms with E-state index in [1.54, 1.807) is 4.90 Å². The molecule has 3 nitrogen and oxygen atoms in total. The molecule has 1 aromatic rings. The summed E-state index contributed by atoms with van der Waals surface area (Å²) in [5.74, 6) is -3.08. The van der Waals surface area contributed by atoms with Crippen LogP contribution in [-0.4, -0.2) is 29.9 Å². The lowest BCUT2D eigenvalue weighted by atomic mass is 10.0. The maximum atomic E-state index is 13.5. The highest BCUT2D eigenvalue weighted by Gasteiger charge is 2.21. The Morgan fingerprint density at radius 3 is 2.32 bits per heavy atom. The molecule has 1 N–H and O–H groups in total. The molecule has 19 heavy (non-hydrogen) atoms. The second kappa shape index (κ2) is 5.50. The van der Waals surface area contributed by atoms with Gasteiger partial charge in [-0.15, -0.1) is 0 Å². The number of benzene rings is 1. The van der Waals surface area contributed by atoms with E-state index in [-0.39, 0.29) is 17.6 Å². The maximum Gasteiger partial charge on any atom is 0.219 e. The van der Waals surface area contributed by atoms with Gasteiger partial charge in [-0.3, -0.25) is 4.79 Å². The van der Waals surface area contributed by atoms with E-state index in [0.717, 1.165) is 6.07 Å². The van der Waals surface area contributed by atoms with Crippen molar-refractivity contribution in [1.82, 2.24) is 4.90 Å². The molecular weight excluding hydrogens is 257 g/mol. The molecule has 0 spiro atoms. The summed E-state index contributed by atoms with van der Waals surface area (Å²) in [6.45, 7) is 2.67. The van der Waals surface area contributed by atoms with E-state index in [9.17, 15) is 18.0 Å². The first kappa shape index (κ1) is 13.7. The smallest absolute Gasteiger partial charge is 0.219 e. The Hall–Kier alpha value is -1.72. The predicted molar refractivity (Wildman–Crippen MR) is 65.2 cm³/mol. The van der Waals surface area contributed by atoms with Crippen LogP contribution in [0, 0.1) is 17.5 Å². The van der Waals surface area contributed by atoms with Crippen molar-refractivity contribution in [3.05, 3.63) is 29.6 Å². The fourth-order valence-electron chi connectivity index (χ4n) is 2.19. The number of hydrogen-bond acceptors (Lipinski definition) is 2. The van der Waals surface area contributed by atoms with Crippen LogP contribution in [0.25, 0.3) is 0 Å². The summed E-state index contributed by atoms with van der Waals surface area (Å²) in [5.41, 5.74) is -0.0415. The summed E-state index contributed by atoms with van der Waals surface area (Å²) in [7, 11) is 0. The lowest BCUT2D eigenvalue weighted by Crippen LogP contribution is -2.41. The first-order chi connectivity index (χ1) is 8.97. The van der Waals surface area contributed by atoms with Gasteiger partial charge in [0.1, 0.15) is 5.82 Å². The molecule has 0 aliphatic carbocycles. The molecule has 0 unspecified atom stereocenters. The summed E-state index contributed by atoms with van der Waals surface area (Å²) in [6, 6.07) is 1.31. The number of likely N-dealkylation sites (tertiary alicyclic amines) is 1. The third kappa shape index (κ3) is 3.19. The molecule has 0 atom stereocenters. The highest BCUT2D eigenvalue weighted by molar-refractivity contribution is 5.73. The van der Waals surface area contributed by atoms with Crippen LogP contribution >= 0.6 is 0 Å². The van der Waals surface area contributed by atoms with Crippen LogP contribution in [0.5, 0.6) is 0 Å². The van der Waals surface area contributed by atoms with Gasteiger partial charge in [0, 0.05) is 38.2 Å². The van der Waals surface area contributed by atoms with Crippen LogP contribution in [0.3, 0.4) is 0 Å². The van der Waals surface area contributed by atoms with E-state index in [0.29, 0.717) is 32.0 Å². The standard InChI is InChI=1S/C13H15F3N2O/c1-8(19)18-4-2-9(3-5-18)17-13-7-11(15)10(14)6-12(13)16/h6-7,9,17H,2-5H2,1H3. The topological polar surface area (TPSA) is 32.3 Å². The Morgan fingerprint density at radius 1 is 1.16 bits per heavy atom. The van der Waals surface area contributed by atoms with Gasteiger partial charge in [-0.25, -0.2) is 13.2 Å². The number of piperidine rings is 1. The Balaban J connectivity index is 1.99. The van der Waals surface area contributed by atoms with Gasteiger partial charge in [0.15, 0.2) is 11.6 Å². The quantitative estimate of drug-likeness (QED) is 0.839. The van der Waals surface area contributed by atoms with Gasteiger partial charge < -0.3 is 10.2 Å². The normalized spacial score (nSPS) is 16.5. The Kier molecular flexibility index (Phi) is 3.97. The van der Waals surface area contributed by atoms with E-state index in [4.69, 9.17) is 0 Å². The first-order valence-electron chi connectivity index (χ1n) is 6.14. The molecule has 1 saturated heterocycles. The average Bonchev–Trinajstić information content (AvgIpc) is 2.36. The van der Waals surface area contributed by atoms with Crippen molar-refractivity contribution < 1.29 is 18.0 Å². The van der Waals surface area contributed by atoms with Crippen molar-refractivity contribution in [2.24, 2.45) is 0 Å². The minimum Gasteiger partial charge on any atom is -0.380 e. The second-order valence-corrected chi connectivity index (χ2v) is 4.67. The van der Waals surface area contributed by atoms with Crippen molar-refractivity contribution in [1.29, 1.82) is 0 Å². The number of amides is 1. The molecule has 0 bridgehead atoms. The number of anilines is 1. The van der Waals surface area contributed by atoms with E-state index in [2.05, 4.69) is 5.32 Å². The molecule has 0 radical (unpaired) electrons. The fraction of sp³-hybridized carbons (Fsp3) is 0.462. The van der Waals surface area contributed by atoms with E-state index in [1.807, 2.05) is 0 Å². The monoisotopic (exact) mass is 272 g/mol. The zero-order chi connectivity index (χ0) is 14.0. The lowest BCUT2D eigenvalue weighted by molar-refractivity contribution is -0.129. The molecule has 1 aliphatic heterocycles. The zero-order valence-electron chi connectivity index (χ0n) is 10.5. The highest BCUT2D eigenvalue weighted by atomic mass is 19.2. The number of rotatable bonds is 2. The lowest BCUT2D eigenvalue weighted by Gasteiger charge is -2.32. The van der Waals surface area contributed by atoms with Gasteiger partial charge in [0.2, 0.25) is 5.91 Å². The third-order valence-corrected chi connectivity index (χ3v) is 3.31. The van der Waals surface area contributed by atoms with E-state index < -0.39 is 17.5 Å². The minimum absolute atomic E-state index is 0.0115. The molecule has 6 heteroatoms. The molecule has 2 rings (SSSR count). The number of halogens is 3. The number of nitrogens with one attached hydrogen (secondary N) is 1. The van der Waals surface area contributed by atoms with E-state index >= 15 is 0 Å². The van der Waals surface area contributed by atoms with Crippen molar-refractivity contribution in [3.8, 4) is 0 Å².